The number of primary amides is 1. The molecule has 0 bridgehead atoms. The van der Waals surface area contributed by atoms with Gasteiger partial charge in [0, 0.05) is 5.92 Å². The number of carbonyl (C=O) groups excluding carboxylic acids is 2. The minimum atomic E-state index is -0.609. The second-order valence-electron chi connectivity index (χ2n) is 6.57. The molecule has 2 aromatic rings. The maximum Gasteiger partial charge on any atom is 0.270 e. The number of amides is 2. The summed E-state index contributed by atoms with van der Waals surface area (Å²) in [7, 11) is 0. The minimum Gasteiger partial charge on any atom is -0.364 e. The molecule has 1 aliphatic carbocycles. The summed E-state index contributed by atoms with van der Waals surface area (Å²) in [6.45, 7) is 1.98. The molecule has 1 fully saturated rings. The Bertz CT molecular complexity index is 747. The Morgan fingerprint density at radius 2 is 1.88 bits per heavy atom. The van der Waals surface area contributed by atoms with Crippen molar-refractivity contribution in [3.63, 3.8) is 0 Å². The molecule has 1 aromatic heterocycles. The van der Waals surface area contributed by atoms with Crippen molar-refractivity contribution in [3.05, 3.63) is 41.7 Å². The summed E-state index contributed by atoms with van der Waals surface area (Å²) in [6, 6.07) is 7.57. The van der Waals surface area contributed by atoms with E-state index in [0.717, 1.165) is 36.9 Å². The Balaban J connectivity index is 1.64. The number of carbonyl (C=O) groups is 2. The second kappa shape index (κ2) is 7.46. The predicted molar refractivity (Wildman–Crippen MR) is 93.0 cm³/mol. The molecule has 7 nitrogen and oxygen atoms in total. The van der Waals surface area contributed by atoms with E-state index in [4.69, 9.17) is 5.73 Å². The van der Waals surface area contributed by atoms with Crippen LogP contribution >= 0.6 is 0 Å². The number of benzene rings is 1. The number of rotatable bonds is 5. The highest BCUT2D eigenvalue weighted by molar-refractivity contribution is 5.90. The van der Waals surface area contributed by atoms with Crippen LogP contribution in [0.2, 0.25) is 0 Å². The van der Waals surface area contributed by atoms with Gasteiger partial charge >= 0.3 is 0 Å². The molecule has 1 saturated carbocycles. The van der Waals surface area contributed by atoms with Gasteiger partial charge in [0.1, 0.15) is 0 Å². The SMILES string of the molecule is C[C@@H](NC(=O)C1CCCCC1)c1ccc(-n2cc(C(N)=O)nn2)cc1. The molecule has 0 radical (unpaired) electrons. The van der Waals surface area contributed by atoms with E-state index in [0.29, 0.717) is 0 Å². The fourth-order valence-corrected chi connectivity index (χ4v) is 3.20. The van der Waals surface area contributed by atoms with E-state index < -0.39 is 5.91 Å². The highest BCUT2D eigenvalue weighted by Gasteiger charge is 2.22. The summed E-state index contributed by atoms with van der Waals surface area (Å²) in [6.07, 6.45) is 7.00. The van der Waals surface area contributed by atoms with Crippen LogP contribution in [0.3, 0.4) is 0 Å². The highest BCUT2D eigenvalue weighted by Crippen LogP contribution is 2.25. The summed E-state index contributed by atoms with van der Waals surface area (Å²) >= 11 is 0. The van der Waals surface area contributed by atoms with Crippen molar-refractivity contribution in [3.8, 4) is 5.69 Å². The first-order valence-electron chi connectivity index (χ1n) is 8.67. The van der Waals surface area contributed by atoms with E-state index in [1.807, 2.05) is 31.2 Å². The normalized spacial score (nSPS) is 16.4. The first-order valence-corrected chi connectivity index (χ1v) is 8.67. The number of nitrogens with zero attached hydrogens (tertiary/aromatic N) is 3. The maximum atomic E-state index is 12.4. The summed E-state index contributed by atoms with van der Waals surface area (Å²) in [4.78, 5) is 23.4. The maximum absolute atomic E-state index is 12.4. The average molecular weight is 341 g/mol. The number of hydrogen-bond donors (Lipinski definition) is 2. The molecule has 7 heteroatoms. The lowest BCUT2D eigenvalue weighted by Gasteiger charge is -2.23. The molecule has 1 atom stereocenters. The summed E-state index contributed by atoms with van der Waals surface area (Å²) in [5, 5.41) is 10.7. The Morgan fingerprint density at radius 1 is 1.20 bits per heavy atom. The van der Waals surface area contributed by atoms with Gasteiger partial charge in [-0.1, -0.05) is 36.6 Å². The quantitative estimate of drug-likeness (QED) is 0.869. The van der Waals surface area contributed by atoms with Crippen LogP contribution in [0.25, 0.3) is 5.69 Å². The van der Waals surface area contributed by atoms with Gasteiger partial charge < -0.3 is 11.1 Å². The molecular weight excluding hydrogens is 318 g/mol. The third kappa shape index (κ3) is 4.04. The first kappa shape index (κ1) is 17.1. The molecule has 0 spiro atoms. The third-order valence-corrected chi connectivity index (χ3v) is 4.74. The van der Waals surface area contributed by atoms with Gasteiger partial charge in [-0.2, -0.15) is 0 Å². The molecule has 0 saturated heterocycles. The molecule has 1 aromatic carbocycles. The van der Waals surface area contributed by atoms with E-state index in [1.165, 1.54) is 17.3 Å². The summed E-state index contributed by atoms with van der Waals surface area (Å²) < 4.78 is 1.50. The largest absolute Gasteiger partial charge is 0.364 e. The van der Waals surface area contributed by atoms with E-state index in [9.17, 15) is 9.59 Å². The van der Waals surface area contributed by atoms with E-state index >= 15 is 0 Å². The minimum absolute atomic E-state index is 0.0552. The number of aromatic nitrogens is 3. The zero-order valence-electron chi connectivity index (χ0n) is 14.3. The van der Waals surface area contributed by atoms with Crippen LogP contribution in [0.15, 0.2) is 30.5 Å². The Labute approximate surface area is 146 Å². The summed E-state index contributed by atoms with van der Waals surface area (Å²) in [5.74, 6) is -0.307. The third-order valence-electron chi connectivity index (χ3n) is 4.74. The van der Waals surface area contributed by atoms with Gasteiger partial charge in [-0.3, -0.25) is 9.59 Å². The lowest BCUT2D eigenvalue weighted by atomic mass is 9.88. The molecule has 2 amide bonds. The molecule has 25 heavy (non-hydrogen) atoms. The molecular formula is C18H23N5O2. The van der Waals surface area contributed by atoms with Gasteiger partial charge in [0.25, 0.3) is 5.91 Å². The first-order chi connectivity index (χ1) is 12.0. The van der Waals surface area contributed by atoms with Gasteiger partial charge in [-0.25, -0.2) is 4.68 Å². The predicted octanol–water partition coefficient (Wildman–Crippen LogP) is 2.12. The lowest BCUT2D eigenvalue weighted by molar-refractivity contribution is -0.126. The number of nitrogens with two attached hydrogens (primary N) is 1. The van der Waals surface area contributed by atoms with Crippen molar-refractivity contribution in [2.45, 2.75) is 45.1 Å². The zero-order chi connectivity index (χ0) is 17.8. The fraction of sp³-hybridized carbons (Fsp3) is 0.444. The fourth-order valence-electron chi connectivity index (χ4n) is 3.20. The van der Waals surface area contributed by atoms with Crippen molar-refractivity contribution in [1.82, 2.24) is 20.3 Å². The van der Waals surface area contributed by atoms with Crippen molar-refractivity contribution >= 4 is 11.8 Å². The lowest BCUT2D eigenvalue weighted by Crippen LogP contribution is -2.33. The van der Waals surface area contributed by atoms with Gasteiger partial charge in [0.05, 0.1) is 17.9 Å². The van der Waals surface area contributed by atoms with Crippen LogP contribution in [0.4, 0.5) is 0 Å². The molecule has 1 heterocycles. The zero-order valence-corrected chi connectivity index (χ0v) is 14.3. The van der Waals surface area contributed by atoms with Gasteiger partial charge in [-0.15, -0.1) is 5.10 Å². The van der Waals surface area contributed by atoms with E-state index in [2.05, 4.69) is 15.6 Å². The molecule has 3 rings (SSSR count). The van der Waals surface area contributed by atoms with Crippen LogP contribution in [0.1, 0.15) is 61.1 Å². The second-order valence-corrected chi connectivity index (χ2v) is 6.57. The van der Waals surface area contributed by atoms with Crippen LogP contribution in [0, 0.1) is 5.92 Å². The molecule has 1 aliphatic rings. The Kier molecular flexibility index (Phi) is 5.11. The monoisotopic (exact) mass is 341 g/mol. The molecule has 0 aliphatic heterocycles. The average Bonchev–Trinajstić information content (AvgIpc) is 3.13. The van der Waals surface area contributed by atoms with Crippen molar-refractivity contribution in [2.75, 3.05) is 0 Å². The highest BCUT2D eigenvalue weighted by atomic mass is 16.2. The van der Waals surface area contributed by atoms with Crippen LogP contribution < -0.4 is 11.1 Å². The molecule has 0 unspecified atom stereocenters. The Hall–Kier alpha value is -2.70. The van der Waals surface area contributed by atoms with Crippen LogP contribution in [0.5, 0.6) is 0 Å². The topological polar surface area (TPSA) is 103 Å². The van der Waals surface area contributed by atoms with Crippen molar-refractivity contribution in [1.29, 1.82) is 0 Å². The molecule has 3 N–H and O–H groups in total. The van der Waals surface area contributed by atoms with Crippen molar-refractivity contribution < 1.29 is 9.59 Å². The number of hydrogen-bond acceptors (Lipinski definition) is 4. The van der Waals surface area contributed by atoms with Gasteiger partial charge in [0.15, 0.2) is 5.69 Å². The standard InChI is InChI=1S/C18H23N5O2/c1-12(20-18(25)14-5-3-2-4-6-14)13-7-9-15(10-8-13)23-11-16(17(19)24)21-22-23/h7-12,14H,2-6H2,1H3,(H2,19,24)(H,20,25)/t12-/m1/s1. The van der Waals surface area contributed by atoms with Crippen LogP contribution in [-0.4, -0.2) is 26.8 Å². The van der Waals surface area contributed by atoms with E-state index in [-0.39, 0.29) is 23.6 Å². The van der Waals surface area contributed by atoms with Gasteiger partial charge in [-0.05, 0) is 37.5 Å². The molecule has 132 valence electrons. The van der Waals surface area contributed by atoms with Crippen LogP contribution in [-0.2, 0) is 4.79 Å². The van der Waals surface area contributed by atoms with Gasteiger partial charge in [0.2, 0.25) is 5.91 Å². The van der Waals surface area contributed by atoms with E-state index in [1.54, 1.807) is 0 Å². The summed E-state index contributed by atoms with van der Waals surface area (Å²) in [5.41, 5.74) is 7.09. The van der Waals surface area contributed by atoms with Crippen molar-refractivity contribution in [2.24, 2.45) is 11.7 Å². The Morgan fingerprint density at radius 3 is 2.48 bits per heavy atom. The smallest absolute Gasteiger partial charge is 0.270 e. The number of nitrogens with one attached hydrogen (secondary N) is 1.